The summed E-state index contributed by atoms with van der Waals surface area (Å²) < 4.78 is 7.44. The zero-order valence-corrected chi connectivity index (χ0v) is 10.5. The number of hydrogen-bond donors (Lipinski definition) is 1. The molecule has 0 aliphatic carbocycles. The minimum atomic E-state index is -0.0527. The summed E-state index contributed by atoms with van der Waals surface area (Å²) in [4.78, 5) is 12.0. The van der Waals surface area contributed by atoms with E-state index in [0.29, 0.717) is 29.9 Å². The van der Waals surface area contributed by atoms with Gasteiger partial charge < -0.3 is 10.1 Å². The van der Waals surface area contributed by atoms with Crippen LogP contribution in [-0.2, 0) is 11.8 Å². The van der Waals surface area contributed by atoms with E-state index in [1.807, 2.05) is 0 Å². The molecule has 6 nitrogen and oxygen atoms in total. The molecule has 0 radical (unpaired) electrons. The zero-order valence-electron chi connectivity index (χ0n) is 8.94. The van der Waals surface area contributed by atoms with Gasteiger partial charge in [0.1, 0.15) is 5.69 Å². The van der Waals surface area contributed by atoms with Crippen molar-refractivity contribution in [2.45, 2.75) is 12.5 Å². The highest BCUT2D eigenvalue weighted by Gasteiger charge is 2.22. The van der Waals surface area contributed by atoms with Crippen molar-refractivity contribution >= 4 is 21.7 Å². The molecule has 1 aromatic heterocycles. The SMILES string of the molecule is Cn1nnc(Br)c1C(=O)CC1CNCCO1. The van der Waals surface area contributed by atoms with E-state index in [-0.39, 0.29) is 11.9 Å². The summed E-state index contributed by atoms with van der Waals surface area (Å²) in [6.45, 7) is 2.22. The Morgan fingerprint density at radius 3 is 3.12 bits per heavy atom. The van der Waals surface area contributed by atoms with Crippen molar-refractivity contribution in [2.24, 2.45) is 7.05 Å². The molecular formula is C9H13BrN4O2. The van der Waals surface area contributed by atoms with Gasteiger partial charge in [-0.15, -0.1) is 5.10 Å². The lowest BCUT2D eigenvalue weighted by atomic mass is 10.1. The third-order valence-corrected chi connectivity index (χ3v) is 3.00. The van der Waals surface area contributed by atoms with Crippen LogP contribution >= 0.6 is 15.9 Å². The van der Waals surface area contributed by atoms with Crippen molar-refractivity contribution in [2.75, 3.05) is 19.7 Å². The first kappa shape index (κ1) is 11.7. The van der Waals surface area contributed by atoms with Crippen molar-refractivity contribution in [1.29, 1.82) is 0 Å². The van der Waals surface area contributed by atoms with Crippen molar-refractivity contribution in [1.82, 2.24) is 20.3 Å². The second-order valence-corrected chi connectivity index (χ2v) is 4.43. The second kappa shape index (κ2) is 5.03. The number of carbonyl (C=O) groups is 1. The van der Waals surface area contributed by atoms with Crippen molar-refractivity contribution in [3.8, 4) is 0 Å². The summed E-state index contributed by atoms with van der Waals surface area (Å²) in [6, 6.07) is 0. The van der Waals surface area contributed by atoms with Crippen LogP contribution in [0.15, 0.2) is 4.60 Å². The van der Waals surface area contributed by atoms with Gasteiger partial charge >= 0.3 is 0 Å². The quantitative estimate of drug-likeness (QED) is 0.802. The number of Topliss-reactive ketones (excluding diaryl/α,β-unsaturated/α-hetero) is 1. The Labute approximate surface area is 101 Å². The average Bonchev–Trinajstić information content (AvgIpc) is 2.60. The van der Waals surface area contributed by atoms with Crippen molar-refractivity contribution in [3.63, 3.8) is 0 Å². The second-order valence-electron chi connectivity index (χ2n) is 3.68. The van der Waals surface area contributed by atoms with Crippen LogP contribution < -0.4 is 5.32 Å². The highest BCUT2D eigenvalue weighted by Crippen LogP contribution is 2.15. The van der Waals surface area contributed by atoms with Gasteiger partial charge in [-0.1, -0.05) is 5.21 Å². The molecule has 0 spiro atoms. The first-order valence-corrected chi connectivity index (χ1v) is 5.88. The van der Waals surface area contributed by atoms with Crippen LogP contribution in [0.3, 0.4) is 0 Å². The molecule has 16 heavy (non-hydrogen) atoms. The summed E-state index contributed by atoms with van der Waals surface area (Å²) in [5.74, 6) is -0.00641. The lowest BCUT2D eigenvalue weighted by molar-refractivity contribution is 0.0237. The predicted molar refractivity (Wildman–Crippen MR) is 60.3 cm³/mol. The Hall–Kier alpha value is -0.790. The van der Waals surface area contributed by atoms with Gasteiger partial charge in [-0.25, -0.2) is 4.68 Å². The monoisotopic (exact) mass is 288 g/mol. The molecule has 1 fully saturated rings. The van der Waals surface area contributed by atoms with Crippen LogP contribution in [0.4, 0.5) is 0 Å². The molecule has 2 heterocycles. The molecular weight excluding hydrogens is 276 g/mol. The number of ketones is 1. The van der Waals surface area contributed by atoms with Gasteiger partial charge in [-0.05, 0) is 15.9 Å². The smallest absolute Gasteiger partial charge is 0.186 e. The van der Waals surface area contributed by atoms with E-state index in [0.717, 1.165) is 6.54 Å². The number of rotatable bonds is 3. The van der Waals surface area contributed by atoms with Crippen LogP contribution in [0.5, 0.6) is 0 Å². The molecule has 0 saturated carbocycles. The number of carbonyl (C=O) groups excluding carboxylic acids is 1. The summed E-state index contributed by atoms with van der Waals surface area (Å²) in [7, 11) is 1.70. The molecule has 1 aliphatic heterocycles. The minimum absolute atomic E-state index is 0.00641. The Kier molecular flexibility index (Phi) is 3.67. The number of morpholine rings is 1. The summed E-state index contributed by atoms with van der Waals surface area (Å²) in [6.07, 6.45) is 0.301. The van der Waals surface area contributed by atoms with Crippen molar-refractivity contribution < 1.29 is 9.53 Å². The minimum Gasteiger partial charge on any atom is -0.375 e. The third-order valence-electron chi connectivity index (χ3n) is 2.47. The molecule has 1 N–H and O–H groups in total. The van der Waals surface area contributed by atoms with E-state index in [2.05, 4.69) is 31.6 Å². The fourth-order valence-corrected chi connectivity index (χ4v) is 2.23. The van der Waals surface area contributed by atoms with Gasteiger partial charge in [0.25, 0.3) is 0 Å². The Balaban J connectivity index is 2.02. The molecule has 1 atom stereocenters. The third kappa shape index (κ3) is 2.47. The molecule has 2 rings (SSSR count). The van der Waals surface area contributed by atoms with Crippen LogP contribution in [0.1, 0.15) is 16.9 Å². The van der Waals surface area contributed by atoms with E-state index in [1.54, 1.807) is 7.05 Å². The highest BCUT2D eigenvalue weighted by molar-refractivity contribution is 9.10. The number of hydrogen-bond acceptors (Lipinski definition) is 5. The first-order chi connectivity index (χ1) is 7.68. The number of aryl methyl sites for hydroxylation is 1. The van der Waals surface area contributed by atoms with Crippen LogP contribution in [0, 0.1) is 0 Å². The average molecular weight is 289 g/mol. The van der Waals surface area contributed by atoms with Gasteiger partial charge in [0, 0.05) is 26.6 Å². The van der Waals surface area contributed by atoms with E-state index in [9.17, 15) is 4.79 Å². The number of ether oxygens (including phenoxy) is 1. The number of nitrogens with zero attached hydrogens (tertiary/aromatic N) is 3. The largest absolute Gasteiger partial charge is 0.375 e. The molecule has 7 heteroatoms. The Morgan fingerprint density at radius 1 is 1.75 bits per heavy atom. The number of aromatic nitrogens is 3. The lowest BCUT2D eigenvalue weighted by Crippen LogP contribution is -2.39. The topological polar surface area (TPSA) is 69.0 Å². The summed E-state index contributed by atoms with van der Waals surface area (Å²) in [5.41, 5.74) is 0.495. The van der Waals surface area contributed by atoms with E-state index in [4.69, 9.17) is 4.74 Å². The molecule has 1 unspecified atom stereocenters. The maximum Gasteiger partial charge on any atom is 0.186 e. The van der Waals surface area contributed by atoms with Gasteiger partial charge in [0.05, 0.1) is 12.7 Å². The van der Waals surface area contributed by atoms with Crippen molar-refractivity contribution in [3.05, 3.63) is 10.3 Å². The fourth-order valence-electron chi connectivity index (χ4n) is 1.68. The molecule has 1 aromatic rings. The normalized spacial score (nSPS) is 21.0. The van der Waals surface area contributed by atoms with Gasteiger partial charge in [-0.3, -0.25) is 4.79 Å². The molecule has 0 aromatic carbocycles. The predicted octanol–water partition coefficient (Wildman–Crippen LogP) is 0.139. The van der Waals surface area contributed by atoms with Crippen LogP contribution in [0.2, 0.25) is 0 Å². The van der Waals surface area contributed by atoms with E-state index < -0.39 is 0 Å². The number of nitrogens with one attached hydrogen (secondary N) is 1. The van der Waals surface area contributed by atoms with Gasteiger partial charge in [0.2, 0.25) is 0 Å². The van der Waals surface area contributed by atoms with Crippen LogP contribution in [-0.4, -0.2) is 46.6 Å². The Bertz CT molecular complexity index is 367. The highest BCUT2D eigenvalue weighted by atomic mass is 79.9. The maximum atomic E-state index is 12.0. The first-order valence-electron chi connectivity index (χ1n) is 5.09. The molecule has 1 saturated heterocycles. The van der Waals surface area contributed by atoms with Gasteiger partial charge in [-0.2, -0.15) is 0 Å². The molecule has 0 bridgehead atoms. The lowest BCUT2D eigenvalue weighted by Gasteiger charge is -2.22. The van der Waals surface area contributed by atoms with Crippen LogP contribution in [0.25, 0.3) is 0 Å². The molecule has 0 amide bonds. The van der Waals surface area contributed by atoms with Gasteiger partial charge in [0.15, 0.2) is 10.4 Å². The van der Waals surface area contributed by atoms with E-state index >= 15 is 0 Å². The fraction of sp³-hybridized carbons (Fsp3) is 0.667. The summed E-state index contributed by atoms with van der Waals surface area (Å²) >= 11 is 3.21. The maximum absolute atomic E-state index is 12.0. The number of halogens is 1. The summed E-state index contributed by atoms with van der Waals surface area (Å²) in [5, 5.41) is 10.7. The molecule has 1 aliphatic rings. The van der Waals surface area contributed by atoms with E-state index in [1.165, 1.54) is 4.68 Å². The zero-order chi connectivity index (χ0) is 11.5. The molecule has 88 valence electrons. The standard InChI is InChI=1S/C9H13BrN4O2/c1-14-8(9(10)12-13-14)7(15)4-6-5-11-2-3-16-6/h6,11H,2-5H2,1H3. The Morgan fingerprint density at radius 2 is 2.56 bits per heavy atom.